The van der Waals surface area contributed by atoms with Crippen LogP contribution in [-0.4, -0.2) is 47.0 Å². The number of pyridine rings is 1. The zero-order chi connectivity index (χ0) is 21.6. The van der Waals surface area contributed by atoms with Gasteiger partial charge >= 0.3 is 0 Å². The number of nitrogens with zero attached hydrogens (tertiary/aromatic N) is 5. The van der Waals surface area contributed by atoms with Gasteiger partial charge in [0.1, 0.15) is 17.7 Å². The molecule has 1 aliphatic heterocycles. The molecule has 3 heterocycles. The molecule has 2 aromatic heterocycles. The van der Waals surface area contributed by atoms with Crippen molar-refractivity contribution in [3.8, 4) is 17.4 Å². The maximum absolute atomic E-state index is 13.9. The molecule has 1 saturated heterocycles. The average molecular weight is 419 g/mol. The van der Waals surface area contributed by atoms with E-state index in [4.69, 9.17) is 4.42 Å². The van der Waals surface area contributed by atoms with Crippen molar-refractivity contribution >= 4 is 11.7 Å². The molecule has 3 aromatic rings. The number of hydrogen-bond acceptors (Lipinski definition) is 6. The second kappa shape index (κ2) is 9.39. The number of rotatable bonds is 5. The summed E-state index contributed by atoms with van der Waals surface area (Å²) in [5.41, 5.74) is 0.892. The Labute approximate surface area is 179 Å². The Bertz CT molecular complexity index is 1110. The van der Waals surface area contributed by atoms with Gasteiger partial charge in [0, 0.05) is 45.2 Å². The number of hydrogen-bond donors (Lipinski definition) is 0. The van der Waals surface area contributed by atoms with E-state index in [1.807, 2.05) is 4.90 Å². The molecule has 1 aromatic carbocycles. The number of halogens is 1. The molecule has 158 valence electrons. The molecule has 0 unspecified atom stereocenters. The van der Waals surface area contributed by atoms with Crippen molar-refractivity contribution in [3.05, 3.63) is 66.1 Å². The van der Waals surface area contributed by atoms with E-state index >= 15 is 0 Å². The third-order valence-electron chi connectivity index (χ3n) is 5.30. The van der Waals surface area contributed by atoms with Crippen LogP contribution in [0, 0.1) is 17.1 Å². The van der Waals surface area contributed by atoms with Gasteiger partial charge in [-0.1, -0.05) is 12.1 Å². The molecule has 0 bridgehead atoms. The van der Waals surface area contributed by atoms with E-state index in [1.54, 1.807) is 36.5 Å². The maximum Gasteiger partial charge on any atom is 0.223 e. The second-order valence-electron chi connectivity index (χ2n) is 7.31. The van der Waals surface area contributed by atoms with Crippen molar-refractivity contribution in [2.24, 2.45) is 0 Å². The first kappa shape index (κ1) is 20.5. The van der Waals surface area contributed by atoms with Gasteiger partial charge in [-0.15, -0.1) is 0 Å². The summed E-state index contributed by atoms with van der Waals surface area (Å²) in [4.78, 5) is 25.2. The van der Waals surface area contributed by atoms with Crippen LogP contribution in [0.2, 0.25) is 0 Å². The molecule has 0 N–H and O–H groups in total. The molecule has 1 fully saturated rings. The molecule has 8 heteroatoms. The van der Waals surface area contributed by atoms with Crippen molar-refractivity contribution in [1.82, 2.24) is 14.9 Å². The molecule has 7 nitrogen and oxygen atoms in total. The van der Waals surface area contributed by atoms with Gasteiger partial charge in [-0.3, -0.25) is 4.79 Å². The number of aryl methyl sites for hydroxylation is 1. The van der Waals surface area contributed by atoms with Gasteiger partial charge < -0.3 is 14.2 Å². The summed E-state index contributed by atoms with van der Waals surface area (Å²) in [6, 6.07) is 12.0. The number of amides is 1. The fourth-order valence-electron chi connectivity index (χ4n) is 3.70. The van der Waals surface area contributed by atoms with Crippen LogP contribution in [0.25, 0.3) is 11.3 Å². The monoisotopic (exact) mass is 419 g/mol. The molecule has 0 radical (unpaired) electrons. The van der Waals surface area contributed by atoms with Crippen molar-refractivity contribution < 1.29 is 13.6 Å². The molecular formula is C23H22FN5O2. The van der Waals surface area contributed by atoms with Crippen LogP contribution in [0.5, 0.6) is 0 Å². The average Bonchev–Trinajstić information content (AvgIpc) is 3.13. The Hall–Kier alpha value is -3.73. The van der Waals surface area contributed by atoms with Gasteiger partial charge in [0.15, 0.2) is 11.7 Å². The van der Waals surface area contributed by atoms with Crippen molar-refractivity contribution in [3.63, 3.8) is 0 Å². The lowest BCUT2D eigenvalue weighted by atomic mass is 10.2. The highest BCUT2D eigenvalue weighted by Gasteiger charge is 2.22. The van der Waals surface area contributed by atoms with Crippen LogP contribution in [0.1, 0.15) is 24.3 Å². The van der Waals surface area contributed by atoms with Crippen molar-refractivity contribution in [1.29, 1.82) is 5.26 Å². The summed E-state index contributed by atoms with van der Waals surface area (Å²) in [5, 5.41) is 9.31. The number of anilines is 1. The van der Waals surface area contributed by atoms with Gasteiger partial charge in [-0.25, -0.2) is 14.4 Å². The highest BCUT2D eigenvalue weighted by molar-refractivity contribution is 5.76. The van der Waals surface area contributed by atoms with Gasteiger partial charge in [0.05, 0.1) is 17.3 Å². The zero-order valence-corrected chi connectivity index (χ0v) is 17.0. The van der Waals surface area contributed by atoms with Gasteiger partial charge in [0.2, 0.25) is 5.91 Å². The van der Waals surface area contributed by atoms with Crippen LogP contribution >= 0.6 is 0 Å². The van der Waals surface area contributed by atoms with Gasteiger partial charge in [-0.05, 0) is 30.7 Å². The molecule has 1 amide bonds. The Morgan fingerprint density at radius 2 is 2.00 bits per heavy atom. The molecular weight excluding hydrogens is 397 g/mol. The maximum atomic E-state index is 13.9. The predicted molar refractivity (Wildman–Crippen MR) is 113 cm³/mol. The van der Waals surface area contributed by atoms with E-state index in [0.717, 1.165) is 13.0 Å². The standard InChI is InChI=1S/C23H22FN5O2/c24-19-7-2-1-6-18(19)20-16-27-21(31-20)8-9-22(30)28-11-4-12-29(14-13-28)23-17(15-25)5-3-10-26-23/h1-3,5-7,10,16H,4,8-9,11-14H2. The van der Waals surface area contributed by atoms with E-state index in [2.05, 4.69) is 20.9 Å². The van der Waals surface area contributed by atoms with Crippen LogP contribution < -0.4 is 4.90 Å². The smallest absolute Gasteiger partial charge is 0.223 e. The van der Waals surface area contributed by atoms with Crippen LogP contribution in [0.3, 0.4) is 0 Å². The number of benzene rings is 1. The van der Waals surface area contributed by atoms with E-state index < -0.39 is 0 Å². The molecule has 4 rings (SSSR count). The first-order chi connectivity index (χ1) is 15.2. The fourth-order valence-corrected chi connectivity index (χ4v) is 3.70. The lowest BCUT2D eigenvalue weighted by Crippen LogP contribution is -2.35. The largest absolute Gasteiger partial charge is 0.441 e. The summed E-state index contributed by atoms with van der Waals surface area (Å²) < 4.78 is 19.6. The van der Waals surface area contributed by atoms with Crippen molar-refractivity contribution in [2.45, 2.75) is 19.3 Å². The van der Waals surface area contributed by atoms with Crippen LogP contribution in [0.15, 0.2) is 53.2 Å². The minimum absolute atomic E-state index is 0.0222. The number of oxazole rings is 1. The minimum atomic E-state index is -0.372. The zero-order valence-electron chi connectivity index (χ0n) is 17.0. The Balaban J connectivity index is 1.34. The Morgan fingerprint density at radius 3 is 2.84 bits per heavy atom. The number of aromatic nitrogens is 2. The van der Waals surface area contributed by atoms with E-state index in [9.17, 15) is 14.4 Å². The quantitative estimate of drug-likeness (QED) is 0.630. The van der Waals surface area contributed by atoms with E-state index in [1.165, 1.54) is 12.3 Å². The van der Waals surface area contributed by atoms with Crippen LogP contribution in [-0.2, 0) is 11.2 Å². The molecule has 1 aliphatic rings. The molecule has 31 heavy (non-hydrogen) atoms. The second-order valence-corrected chi connectivity index (χ2v) is 7.31. The minimum Gasteiger partial charge on any atom is -0.441 e. The predicted octanol–water partition coefficient (Wildman–Crippen LogP) is 3.42. The summed E-state index contributed by atoms with van der Waals surface area (Å²) in [5.74, 6) is 1.08. The third-order valence-corrected chi connectivity index (χ3v) is 5.30. The van der Waals surface area contributed by atoms with Crippen molar-refractivity contribution in [2.75, 3.05) is 31.1 Å². The molecule has 0 aliphatic carbocycles. The first-order valence-corrected chi connectivity index (χ1v) is 10.2. The van der Waals surface area contributed by atoms with Crippen LogP contribution in [0.4, 0.5) is 10.2 Å². The van der Waals surface area contributed by atoms with Gasteiger partial charge in [0.25, 0.3) is 0 Å². The summed E-state index contributed by atoms with van der Waals surface area (Å²) >= 11 is 0. The highest BCUT2D eigenvalue weighted by atomic mass is 19.1. The fraction of sp³-hybridized carbons (Fsp3) is 0.304. The Kier molecular flexibility index (Phi) is 6.22. The first-order valence-electron chi connectivity index (χ1n) is 10.2. The summed E-state index contributed by atoms with van der Waals surface area (Å²) in [7, 11) is 0. The number of nitriles is 1. The number of carbonyl (C=O) groups excluding carboxylic acids is 1. The topological polar surface area (TPSA) is 86.3 Å². The summed E-state index contributed by atoms with van der Waals surface area (Å²) in [6.07, 6.45) is 4.58. The lowest BCUT2D eigenvalue weighted by Gasteiger charge is -2.23. The summed E-state index contributed by atoms with van der Waals surface area (Å²) in [6.45, 7) is 2.57. The number of carbonyl (C=O) groups is 1. The lowest BCUT2D eigenvalue weighted by molar-refractivity contribution is -0.131. The highest BCUT2D eigenvalue weighted by Crippen LogP contribution is 2.24. The molecule has 0 spiro atoms. The third kappa shape index (κ3) is 4.72. The van der Waals surface area contributed by atoms with E-state index in [0.29, 0.717) is 54.7 Å². The molecule has 0 atom stereocenters. The van der Waals surface area contributed by atoms with Gasteiger partial charge in [-0.2, -0.15) is 5.26 Å². The van der Waals surface area contributed by atoms with E-state index in [-0.39, 0.29) is 18.1 Å². The SMILES string of the molecule is N#Cc1cccnc1N1CCCN(C(=O)CCc2ncc(-c3ccccc3F)o2)CC1. The molecule has 0 saturated carbocycles. The Morgan fingerprint density at radius 1 is 1.13 bits per heavy atom. The normalized spacial score (nSPS) is 14.2.